The molecule has 0 aliphatic carbocycles. The van der Waals surface area contributed by atoms with E-state index in [4.69, 9.17) is 4.74 Å². The summed E-state index contributed by atoms with van der Waals surface area (Å²) in [5.74, 6) is -0.237. The fraction of sp³-hybridized carbons (Fsp3) is 0.417. The summed E-state index contributed by atoms with van der Waals surface area (Å²) < 4.78 is 32.1. The fourth-order valence-corrected chi connectivity index (χ4v) is 4.75. The number of carbonyl (C=O) groups excluding carboxylic acids is 2. The summed E-state index contributed by atoms with van der Waals surface area (Å²) in [6.45, 7) is 6.82. The third-order valence-electron chi connectivity index (χ3n) is 4.95. The zero-order valence-electron chi connectivity index (χ0n) is 20.3. The number of sulfonamides is 1. The number of para-hydroxylation sites is 1. The van der Waals surface area contributed by atoms with Gasteiger partial charge in [0.05, 0.1) is 19.1 Å². The number of carbonyl (C=O) groups is 2. The summed E-state index contributed by atoms with van der Waals surface area (Å²) in [5, 5.41) is 2.89. The van der Waals surface area contributed by atoms with Gasteiger partial charge in [0.1, 0.15) is 18.3 Å². The lowest BCUT2D eigenvalue weighted by Crippen LogP contribution is -2.54. The normalized spacial score (nSPS) is 12.6. The highest BCUT2D eigenvalue weighted by molar-refractivity contribution is 9.10. The molecule has 0 saturated carbocycles. The van der Waals surface area contributed by atoms with Crippen molar-refractivity contribution in [3.05, 3.63) is 58.6 Å². The molecule has 2 aromatic carbocycles. The van der Waals surface area contributed by atoms with Crippen LogP contribution in [0.3, 0.4) is 0 Å². The van der Waals surface area contributed by atoms with Gasteiger partial charge in [-0.3, -0.25) is 13.9 Å². The van der Waals surface area contributed by atoms with Crippen LogP contribution in [0.2, 0.25) is 0 Å². The van der Waals surface area contributed by atoms with Crippen molar-refractivity contribution in [2.24, 2.45) is 0 Å². The average molecular weight is 555 g/mol. The number of rotatable bonds is 9. The predicted molar refractivity (Wildman–Crippen MR) is 137 cm³/mol. The van der Waals surface area contributed by atoms with E-state index < -0.39 is 34.1 Å². The molecule has 0 aliphatic rings. The van der Waals surface area contributed by atoms with E-state index in [0.29, 0.717) is 15.9 Å². The van der Waals surface area contributed by atoms with Gasteiger partial charge >= 0.3 is 0 Å². The van der Waals surface area contributed by atoms with Crippen LogP contribution in [0.15, 0.2) is 53.0 Å². The predicted octanol–water partition coefficient (Wildman–Crippen LogP) is 3.56. The third kappa shape index (κ3) is 7.73. The molecule has 2 rings (SSSR count). The molecule has 186 valence electrons. The Hall–Kier alpha value is -2.59. The van der Waals surface area contributed by atoms with Gasteiger partial charge in [-0.25, -0.2) is 8.42 Å². The third-order valence-corrected chi connectivity index (χ3v) is 6.75. The molecule has 0 saturated heterocycles. The second-order valence-electron chi connectivity index (χ2n) is 9.01. The molecule has 2 aromatic rings. The number of amides is 2. The number of hydrogen-bond acceptors (Lipinski definition) is 5. The molecule has 0 bridgehead atoms. The molecule has 8 nitrogen and oxygen atoms in total. The first-order valence-corrected chi connectivity index (χ1v) is 13.3. The van der Waals surface area contributed by atoms with Gasteiger partial charge in [-0.05, 0) is 73.5 Å². The second kappa shape index (κ2) is 11.2. The maximum Gasteiger partial charge on any atom is 0.244 e. The number of nitrogens with one attached hydrogen (secondary N) is 1. The Balaban J connectivity index is 2.43. The lowest BCUT2D eigenvalue weighted by molar-refractivity contribution is -0.140. The number of nitrogens with zero attached hydrogens (tertiary/aromatic N) is 2. The van der Waals surface area contributed by atoms with E-state index in [0.717, 1.165) is 16.1 Å². The summed E-state index contributed by atoms with van der Waals surface area (Å²) in [6, 6.07) is 13.1. The summed E-state index contributed by atoms with van der Waals surface area (Å²) >= 11 is 3.36. The Morgan fingerprint density at radius 2 is 1.76 bits per heavy atom. The zero-order chi connectivity index (χ0) is 25.7. The van der Waals surface area contributed by atoms with Crippen LogP contribution < -0.4 is 14.4 Å². The number of halogens is 1. The van der Waals surface area contributed by atoms with Crippen molar-refractivity contribution in [2.75, 3.05) is 24.2 Å². The van der Waals surface area contributed by atoms with Crippen LogP contribution in [0.25, 0.3) is 0 Å². The van der Waals surface area contributed by atoms with E-state index in [2.05, 4.69) is 21.2 Å². The van der Waals surface area contributed by atoms with E-state index in [1.54, 1.807) is 56.5 Å². The summed E-state index contributed by atoms with van der Waals surface area (Å²) in [4.78, 5) is 27.9. The number of ether oxygens (including phenoxy) is 1. The molecule has 0 aromatic heterocycles. The van der Waals surface area contributed by atoms with Crippen molar-refractivity contribution in [2.45, 2.75) is 45.8 Å². The van der Waals surface area contributed by atoms with Gasteiger partial charge < -0.3 is 15.0 Å². The van der Waals surface area contributed by atoms with Crippen LogP contribution >= 0.6 is 15.9 Å². The topological polar surface area (TPSA) is 96.0 Å². The molecule has 1 atom stereocenters. The van der Waals surface area contributed by atoms with E-state index >= 15 is 0 Å². The van der Waals surface area contributed by atoms with Gasteiger partial charge in [0.25, 0.3) is 0 Å². The standard InChI is InChI=1S/C24H32BrN3O5S/c1-17(23(30)26-24(2,3)4)27(15-18-10-9-11-19(14-18)33-5)22(29)16-28(34(6,31)32)21-13-8-7-12-20(21)25/h7-14,17H,15-16H2,1-6H3,(H,26,30)/t17-/m0/s1. The van der Waals surface area contributed by atoms with Crippen molar-refractivity contribution < 1.29 is 22.7 Å². The number of methoxy groups -OCH3 is 1. The zero-order valence-corrected chi connectivity index (χ0v) is 22.7. The fourth-order valence-electron chi connectivity index (χ4n) is 3.27. The molecule has 0 aliphatic heterocycles. The van der Waals surface area contributed by atoms with Crippen molar-refractivity contribution in [1.29, 1.82) is 0 Å². The Bertz CT molecular complexity index is 1130. The van der Waals surface area contributed by atoms with E-state index in [9.17, 15) is 18.0 Å². The van der Waals surface area contributed by atoms with Crippen LogP contribution in [-0.4, -0.2) is 56.6 Å². The van der Waals surface area contributed by atoms with Gasteiger partial charge in [-0.15, -0.1) is 0 Å². The first-order valence-electron chi connectivity index (χ1n) is 10.7. The molecule has 10 heteroatoms. The smallest absolute Gasteiger partial charge is 0.244 e. The van der Waals surface area contributed by atoms with E-state index in [-0.39, 0.29) is 12.5 Å². The maximum absolute atomic E-state index is 13.5. The molecule has 0 heterocycles. The highest BCUT2D eigenvalue weighted by atomic mass is 79.9. The molecular formula is C24H32BrN3O5S. The highest BCUT2D eigenvalue weighted by Crippen LogP contribution is 2.28. The summed E-state index contributed by atoms with van der Waals surface area (Å²) in [7, 11) is -2.25. The van der Waals surface area contributed by atoms with Crippen LogP contribution in [0, 0.1) is 0 Å². The number of anilines is 1. The lowest BCUT2D eigenvalue weighted by atomic mass is 10.1. The van der Waals surface area contributed by atoms with Crippen LogP contribution in [0.4, 0.5) is 5.69 Å². The first kappa shape index (κ1) is 27.7. The van der Waals surface area contributed by atoms with Crippen LogP contribution in [0.1, 0.15) is 33.3 Å². The van der Waals surface area contributed by atoms with Crippen LogP contribution in [0.5, 0.6) is 5.75 Å². The minimum absolute atomic E-state index is 0.0995. The Kier molecular flexibility index (Phi) is 9.13. The quantitative estimate of drug-likeness (QED) is 0.512. The SMILES string of the molecule is COc1cccc(CN(C(=O)CN(c2ccccc2Br)S(C)(=O)=O)[C@@H](C)C(=O)NC(C)(C)C)c1. The summed E-state index contributed by atoms with van der Waals surface area (Å²) in [5.41, 5.74) is 0.588. The van der Waals surface area contributed by atoms with E-state index in [1.807, 2.05) is 26.8 Å². The monoisotopic (exact) mass is 553 g/mol. The highest BCUT2D eigenvalue weighted by Gasteiger charge is 2.31. The molecule has 2 amide bonds. The Morgan fingerprint density at radius 3 is 2.32 bits per heavy atom. The van der Waals surface area contributed by atoms with Crippen molar-refractivity contribution >= 4 is 43.5 Å². The van der Waals surface area contributed by atoms with Crippen molar-refractivity contribution in [1.82, 2.24) is 10.2 Å². The minimum Gasteiger partial charge on any atom is -0.497 e. The molecule has 0 unspecified atom stereocenters. The minimum atomic E-state index is -3.79. The largest absolute Gasteiger partial charge is 0.497 e. The number of hydrogen-bond donors (Lipinski definition) is 1. The van der Waals surface area contributed by atoms with Crippen molar-refractivity contribution in [3.63, 3.8) is 0 Å². The summed E-state index contributed by atoms with van der Waals surface area (Å²) in [6.07, 6.45) is 1.04. The Morgan fingerprint density at radius 1 is 1.12 bits per heavy atom. The molecule has 1 N–H and O–H groups in total. The lowest BCUT2D eigenvalue weighted by Gasteiger charge is -2.33. The van der Waals surface area contributed by atoms with E-state index in [1.165, 1.54) is 4.90 Å². The van der Waals surface area contributed by atoms with Gasteiger partial charge in [-0.2, -0.15) is 0 Å². The molecule has 0 radical (unpaired) electrons. The second-order valence-corrected chi connectivity index (χ2v) is 11.8. The number of benzene rings is 2. The molecule has 0 fully saturated rings. The Labute approximate surface area is 210 Å². The van der Waals surface area contributed by atoms with Gasteiger partial charge in [0.15, 0.2) is 0 Å². The van der Waals surface area contributed by atoms with Crippen molar-refractivity contribution in [3.8, 4) is 5.75 Å². The van der Waals surface area contributed by atoms with Crippen LogP contribution in [-0.2, 0) is 26.2 Å². The molecule has 0 spiro atoms. The maximum atomic E-state index is 13.5. The molecule has 34 heavy (non-hydrogen) atoms. The van der Waals surface area contributed by atoms with Gasteiger partial charge in [-0.1, -0.05) is 24.3 Å². The molecular weight excluding hydrogens is 522 g/mol. The van der Waals surface area contributed by atoms with Gasteiger partial charge in [0.2, 0.25) is 21.8 Å². The first-order chi connectivity index (χ1) is 15.7. The van der Waals surface area contributed by atoms with Gasteiger partial charge in [0, 0.05) is 16.6 Å². The average Bonchev–Trinajstić information content (AvgIpc) is 2.74.